The average molecular weight is 177 g/mol. The highest BCUT2D eigenvalue weighted by molar-refractivity contribution is 7.72. The molecule has 1 radical (unpaired) electrons. The summed E-state index contributed by atoms with van der Waals surface area (Å²) in [6, 6.07) is 0. The minimum atomic E-state index is -2.18. The van der Waals surface area contributed by atoms with Crippen LogP contribution in [-0.4, -0.2) is 14.2 Å². The highest BCUT2D eigenvalue weighted by Crippen LogP contribution is 2.03. The molecule has 0 heterocycles. The molecule has 0 fully saturated rings. The van der Waals surface area contributed by atoms with Crippen LogP contribution in [0.2, 0.25) is 0 Å². The fraction of sp³-hybridized carbons (Fsp3) is 0.875. The molecule has 0 aromatic rings. The van der Waals surface area contributed by atoms with Crippen molar-refractivity contribution in [3.8, 4) is 0 Å². The quantitative estimate of drug-likeness (QED) is 0.475. The maximum absolute atomic E-state index is 10.1. The van der Waals surface area contributed by atoms with E-state index in [-0.39, 0.29) is 5.75 Å². The molecule has 0 aromatic heterocycles. The van der Waals surface area contributed by atoms with Crippen LogP contribution < -0.4 is 0 Å². The Kier molecular flexibility index (Phi) is 8.01. The summed E-state index contributed by atoms with van der Waals surface area (Å²) < 4.78 is 20.2. The number of hydrogen-bond acceptors (Lipinski definition) is 2. The van der Waals surface area contributed by atoms with Gasteiger partial charge >= 0.3 is 0 Å². The fourth-order valence-corrected chi connectivity index (χ4v) is 1.31. The third kappa shape index (κ3) is 9.95. The predicted octanol–water partition coefficient (Wildman–Crippen LogP) is 1.77. The van der Waals surface area contributed by atoms with E-state index in [1.54, 1.807) is 0 Å². The van der Waals surface area contributed by atoms with Gasteiger partial charge in [0.15, 0.2) is 0 Å². The molecule has 0 spiro atoms. The summed E-state index contributed by atoms with van der Waals surface area (Å²) in [6.07, 6.45) is 7.65. The Morgan fingerprint density at radius 2 is 1.91 bits per heavy atom. The second kappa shape index (κ2) is 8.05. The van der Waals surface area contributed by atoms with Gasteiger partial charge < -0.3 is 0 Å². The van der Waals surface area contributed by atoms with E-state index in [9.17, 15) is 8.42 Å². The van der Waals surface area contributed by atoms with Crippen molar-refractivity contribution in [1.82, 2.24) is 0 Å². The Labute approximate surface area is 71.0 Å². The van der Waals surface area contributed by atoms with Gasteiger partial charge in [0.05, 0.1) is 5.75 Å². The monoisotopic (exact) mass is 177 g/mol. The lowest BCUT2D eigenvalue weighted by Gasteiger charge is -1.95. The first-order valence-electron chi connectivity index (χ1n) is 4.20. The lowest BCUT2D eigenvalue weighted by Crippen LogP contribution is -1.88. The zero-order chi connectivity index (χ0) is 8.53. The van der Waals surface area contributed by atoms with E-state index >= 15 is 0 Å². The molecule has 0 saturated heterocycles. The van der Waals surface area contributed by atoms with E-state index in [0.717, 1.165) is 12.8 Å². The minimum Gasteiger partial charge on any atom is -0.232 e. The van der Waals surface area contributed by atoms with Crippen LogP contribution in [0, 0.1) is 6.42 Å². The molecule has 67 valence electrons. The molecular formula is C8H17O2S. The van der Waals surface area contributed by atoms with E-state index in [0.29, 0.717) is 0 Å². The van der Waals surface area contributed by atoms with E-state index in [1.165, 1.54) is 19.3 Å². The largest absolute Gasteiger partial charge is 0.232 e. The van der Waals surface area contributed by atoms with Gasteiger partial charge in [0, 0.05) is 0 Å². The lowest BCUT2D eigenvalue weighted by atomic mass is 10.1. The smallest absolute Gasteiger partial charge is 0.140 e. The Hall–Kier alpha value is -0.0500. The first kappa shape index (κ1) is 11.0. The summed E-state index contributed by atoms with van der Waals surface area (Å²) in [7, 11) is -2.18. The van der Waals surface area contributed by atoms with E-state index in [2.05, 4.69) is 6.92 Å². The first-order chi connectivity index (χ1) is 5.27. The molecule has 0 atom stereocenters. The third-order valence-corrected chi connectivity index (χ3v) is 2.10. The van der Waals surface area contributed by atoms with Gasteiger partial charge in [0.1, 0.15) is 10.7 Å². The summed E-state index contributed by atoms with van der Waals surface area (Å²) in [5.74, 6) is 0.251. The molecule has 0 saturated carbocycles. The maximum Gasteiger partial charge on any atom is 0.140 e. The topological polar surface area (TPSA) is 34.1 Å². The van der Waals surface area contributed by atoms with Crippen molar-refractivity contribution in [2.24, 2.45) is 0 Å². The zero-order valence-electron chi connectivity index (χ0n) is 7.08. The Balaban J connectivity index is 2.90. The number of unbranched alkanes of at least 4 members (excludes halogenated alkanes) is 5. The third-order valence-electron chi connectivity index (χ3n) is 1.54. The van der Waals surface area contributed by atoms with Crippen LogP contribution in [0.25, 0.3) is 0 Å². The van der Waals surface area contributed by atoms with Gasteiger partial charge in [0.2, 0.25) is 0 Å². The standard InChI is InChI=1S/C8H17O2S/c1-2-3-4-5-6-7-8-11(9)10/h7,11H,2-6,8H2,1H3. The fourth-order valence-electron chi connectivity index (χ4n) is 0.912. The van der Waals surface area contributed by atoms with Crippen molar-refractivity contribution in [2.45, 2.75) is 39.0 Å². The Morgan fingerprint density at radius 3 is 2.45 bits per heavy atom. The molecule has 0 amide bonds. The number of thiol groups is 1. The first-order valence-corrected chi connectivity index (χ1v) is 5.57. The Morgan fingerprint density at radius 1 is 1.18 bits per heavy atom. The van der Waals surface area contributed by atoms with Crippen LogP contribution in [-0.2, 0) is 10.7 Å². The van der Waals surface area contributed by atoms with Crippen molar-refractivity contribution >= 4 is 10.7 Å². The van der Waals surface area contributed by atoms with Crippen molar-refractivity contribution in [1.29, 1.82) is 0 Å². The van der Waals surface area contributed by atoms with Gasteiger partial charge in [-0.1, -0.05) is 32.6 Å². The van der Waals surface area contributed by atoms with Crippen LogP contribution in [0.3, 0.4) is 0 Å². The molecule has 2 nitrogen and oxygen atoms in total. The van der Waals surface area contributed by atoms with Gasteiger partial charge in [-0.05, 0) is 12.8 Å². The summed E-state index contributed by atoms with van der Waals surface area (Å²) >= 11 is 0. The van der Waals surface area contributed by atoms with Crippen molar-refractivity contribution < 1.29 is 8.42 Å². The highest BCUT2D eigenvalue weighted by atomic mass is 32.2. The molecule has 0 aliphatic rings. The molecule has 11 heavy (non-hydrogen) atoms. The summed E-state index contributed by atoms with van der Waals surface area (Å²) in [5.41, 5.74) is 0. The van der Waals surface area contributed by atoms with Crippen LogP contribution in [0.15, 0.2) is 0 Å². The highest BCUT2D eigenvalue weighted by Gasteiger charge is 1.90. The molecular weight excluding hydrogens is 160 g/mol. The van der Waals surface area contributed by atoms with Crippen molar-refractivity contribution in [3.63, 3.8) is 0 Å². The van der Waals surface area contributed by atoms with E-state index < -0.39 is 10.7 Å². The molecule has 0 rings (SSSR count). The van der Waals surface area contributed by atoms with Crippen LogP contribution >= 0.6 is 0 Å². The number of rotatable bonds is 7. The normalized spacial score (nSPS) is 10.7. The van der Waals surface area contributed by atoms with E-state index in [1.807, 2.05) is 6.42 Å². The summed E-state index contributed by atoms with van der Waals surface area (Å²) in [5, 5.41) is 0. The molecule has 0 aliphatic heterocycles. The molecule has 0 N–H and O–H groups in total. The van der Waals surface area contributed by atoms with Crippen LogP contribution in [0.1, 0.15) is 39.0 Å². The maximum atomic E-state index is 10.1. The Bertz CT molecular complexity index is 133. The van der Waals surface area contributed by atoms with Gasteiger partial charge in [-0.15, -0.1) is 0 Å². The van der Waals surface area contributed by atoms with Gasteiger partial charge in [-0.25, -0.2) is 8.42 Å². The van der Waals surface area contributed by atoms with E-state index in [4.69, 9.17) is 0 Å². The van der Waals surface area contributed by atoms with Gasteiger partial charge in [-0.3, -0.25) is 0 Å². The van der Waals surface area contributed by atoms with Gasteiger partial charge in [0.25, 0.3) is 0 Å². The van der Waals surface area contributed by atoms with Gasteiger partial charge in [-0.2, -0.15) is 0 Å². The lowest BCUT2D eigenvalue weighted by molar-refractivity contribution is 0.613. The van der Waals surface area contributed by atoms with Crippen molar-refractivity contribution in [3.05, 3.63) is 6.42 Å². The van der Waals surface area contributed by atoms with Crippen LogP contribution in [0.5, 0.6) is 0 Å². The SMILES string of the molecule is CCCCCC[CH]C[SH](=O)=O. The minimum absolute atomic E-state index is 0.251. The average Bonchev–Trinajstić information content (AvgIpc) is 1.96. The second-order valence-corrected chi connectivity index (χ2v) is 3.68. The molecule has 3 heteroatoms. The molecule has 0 aromatic carbocycles. The van der Waals surface area contributed by atoms with Crippen LogP contribution in [0.4, 0.5) is 0 Å². The molecule has 0 aliphatic carbocycles. The number of hydrogen-bond donors (Lipinski definition) is 1. The van der Waals surface area contributed by atoms with Crippen molar-refractivity contribution in [2.75, 3.05) is 5.75 Å². The zero-order valence-corrected chi connectivity index (χ0v) is 7.98. The predicted molar refractivity (Wildman–Crippen MR) is 48.2 cm³/mol. The summed E-state index contributed by atoms with van der Waals surface area (Å²) in [4.78, 5) is 0. The molecule has 0 bridgehead atoms. The second-order valence-electron chi connectivity index (χ2n) is 2.65. The summed E-state index contributed by atoms with van der Waals surface area (Å²) in [6.45, 7) is 2.16. The molecule has 0 unspecified atom stereocenters.